The molecule has 0 atom stereocenters. The van der Waals surface area contributed by atoms with E-state index in [0.29, 0.717) is 5.56 Å². The molecule has 0 saturated heterocycles. The third kappa shape index (κ3) is 2.78. The van der Waals surface area contributed by atoms with Crippen LogP contribution in [0.1, 0.15) is 31.7 Å². The Morgan fingerprint density at radius 2 is 2.18 bits per heavy atom. The highest BCUT2D eigenvalue weighted by molar-refractivity contribution is 5.48. The molecule has 1 aliphatic carbocycles. The van der Waals surface area contributed by atoms with E-state index in [9.17, 15) is 4.39 Å². The fourth-order valence-electron chi connectivity index (χ4n) is 2.30. The Kier molecular flexibility index (Phi) is 4.00. The lowest BCUT2D eigenvalue weighted by Crippen LogP contribution is -2.32. The van der Waals surface area contributed by atoms with Gasteiger partial charge in [-0.3, -0.25) is 0 Å². The topological polar surface area (TPSA) is 29.3 Å². The monoisotopic (exact) mass is 236 g/mol. The second-order valence-corrected chi connectivity index (χ2v) is 4.82. The molecule has 0 spiro atoms. The first kappa shape index (κ1) is 12.4. The lowest BCUT2D eigenvalue weighted by Gasteiger charge is -2.33. The molecule has 0 aromatic heterocycles. The molecule has 94 valence electrons. The molecular weight excluding hydrogens is 215 g/mol. The average molecular weight is 236 g/mol. The third-order valence-electron chi connectivity index (χ3n) is 3.71. The van der Waals surface area contributed by atoms with E-state index in [0.717, 1.165) is 24.7 Å². The molecule has 1 aromatic carbocycles. The molecule has 0 unspecified atom stereocenters. The van der Waals surface area contributed by atoms with E-state index in [1.165, 1.54) is 19.3 Å². The van der Waals surface area contributed by atoms with Gasteiger partial charge in [-0.1, -0.05) is 12.5 Å². The summed E-state index contributed by atoms with van der Waals surface area (Å²) in [5.41, 5.74) is 7.04. The molecule has 2 rings (SSSR count). The number of hydrogen-bond donors (Lipinski definition) is 1. The number of benzene rings is 1. The van der Waals surface area contributed by atoms with Crippen molar-refractivity contribution in [3.63, 3.8) is 0 Å². The molecular formula is C14H21FN2. The Morgan fingerprint density at radius 1 is 1.41 bits per heavy atom. The van der Waals surface area contributed by atoms with Crippen molar-refractivity contribution in [2.24, 2.45) is 11.7 Å². The largest absolute Gasteiger partial charge is 0.371 e. The Morgan fingerprint density at radius 3 is 2.65 bits per heavy atom. The van der Waals surface area contributed by atoms with Crippen molar-refractivity contribution in [2.75, 3.05) is 18.0 Å². The first-order valence-corrected chi connectivity index (χ1v) is 6.48. The summed E-state index contributed by atoms with van der Waals surface area (Å²) in [7, 11) is 0. The Bertz CT molecular complexity index is 374. The summed E-state index contributed by atoms with van der Waals surface area (Å²) in [6.07, 6.45) is 3.99. The van der Waals surface area contributed by atoms with Gasteiger partial charge in [-0.25, -0.2) is 4.39 Å². The summed E-state index contributed by atoms with van der Waals surface area (Å²) in [5, 5.41) is 0. The predicted molar refractivity (Wildman–Crippen MR) is 69.5 cm³/mol. The summed E-state index contributed by atoms with van der Waals surface area (Å²) < 4.78 is 13.7. The van der Waals surface area contributed by atoms with Gasteiger partial charge in [0.15, 0.2) is 0 Å². The van der Waals surface area contributed by atoms with Crippen LogP contribution < -0.4 is 10.6 Å². The molecule has 1 aromatic rings. The first-order valence-electron chi connectivity index (χ1n) is 6.48. The van der Waals surface area contributed by atoms with Crippen LogP contribution in [-0.4, -0.2) is 13.1 Å². The third-order valence-corrected chi connectivity index (χ3v) is 3.71. The van der Waals surface area contributed by atoms with Gasteiger partial charge in [0.2, 0.25) is 0 Å². The van der Waals surface area contributed by atoms with Gasteiger partial charge in [0.05, 0.1) is 0 Å². The molecule has 1 fully saturated rings. The summed E-state index contributed by atoms with van der Waals surface area (Å²) in [5.74, 6) is 0.615. The Balaban J connectivity index is 2.09. The lowest BCUT2D eigenvalue weighted by molar-refractivity contribution is 0.318. The standard InChI is InChI=1S/C14H21FN2/c1-2-17(10-11-4-3-5-11)13-7-6-12(9-16)14(15)8-13/h6-8,11H,2-5,9-10,16H2,1H3. The van der Waals surface area contributed by atoms with Crippen LogP contribution in [-0.2, 0) is 6.54 Å². The van der Waals surface area contributed by atoms with Gasteiger partial charge in [0.1, 0.15) is 5.82 Å². The molecule has 0 aliphatic heterocycles. The Labute approximate surface area is 103 Å². The first-order chi connectivity index (χ1) is 8.24. The van der Waals surface area contributed by atoms with Crippen molar-refractivity contribution in [3.05, 3.63) is 29.6 Å². The van der Waals surface area contributed by atoms with Crippen LogP contribution in [0.4, 0.5) is 10.1 Å². The molecule has 3 heteroatoms. The van der Waals surface area contributed by atoms with Gasteiger partial charge < -0.3 is 10.6 Å². The molecule has 0 amide bonds. The lowest BCUT2D eigenvalue weighted by atomic mass is 9.85. The predicted octanol–water partition coefficient (Wildman–Crippen LogP) is 2.91. The second-order valence-electron chi connectivity index (χ2n) is 4.82. The average Bonchev–Trinajstić information content (AvgIpc) is 2.28. The zero-order valence-electron chi connectivity index (χ0n) is 10.5. The minimum atomic E-state index is -0.183. The quantitative estimate of drug-likeness (QED) is 0.851. The van der Waals surface area contributed by atoms with E-state index in [-0.39, 0.29) is 12.4 Å². The van der Waals surface area contributed by atoms with Crippen LogP contribution in [0.5, 0.6) is 0 Å². The number of nitrogens with zero attached hydrogens (tertiary/aromatic N) is 1. The highest BCUT2D eigenvalue weighted by Crippen LogP contribution is 2.29. The van der Waals surface area contributed by atoms with Crippen LogP contribution in [0.15, 0.2) is 18.2 Å². The van der Waals surface area contributed by atoms with Crippen molar-refractivity contribution in [1.82, 2.24) is 0 Å². The van der Waals surface area contributed by atoms with E-state index in [1.807, 2.05) is 6.07 Å². The van der Waals surface area contributed by atoms with Gasteiger partial charge >= 0.3 is 0 Å². The van der Waals surface area contributed by atoms with E-state index in [1.54, 1.807) is 12.1 Å². The summed E-state index contributed by atoms with van der Waals surface area (Å²) in [6.45, 7) is 4.37. The summed E-state index contributed by atoms with van der Waals surface area (Å²) >= 11 is 0. The molecule has 17 heavy (non-hydrogen) atoms. The fraction of sp³-hybridized carbons (Fsp3) is 0.571. The van der Waals surface area contributed by atoms with Gasteiger partial charge in [0.25, 0.3) is 0 Å². The van der Waals surface area contributed by atoms with Crippen LogP contribution in [0.25, 0.3) is 0 Å². The summed E-state index contributed by atoms with van der Waals surface area (Å²) in [4.78, 5) is 2.26. The molecule has 0 heterocycles. The maximum absolute atomic E-state index is 13.7. The Hall–Kier alpha value is -1.09. The normalized spacial score (nSPS) is 15.7. The van der Waals surface area contributed by atoms with Crippen LogP contribution in [0.3, 0.4) is 0 Å². The van der Waals surface area contributed by atoms with Crippen LogP contribution in [0, 0.1) is 11.7 Å². The van der Waals surface area contributed by atoms with E-state index < -0.39 is 0 Å². The van der Waals surface area contributed by atoms with Crippen molar-refractivity contribution < 1.29 is 4.39 Å². The second kappa shape index (κ2) is 5.50. The van der Waals surface area contributed by atoms with Crippen molar-refractivity contribution >= 4 is 5.69 Å². The highest BCUT2D eigenvalue weighted by Gasteiger charge is 2.20. The molecule has 0 radical (unpaired) electrons. The van der Waals surface area contributed by atoms with E-state index in [4.69, 9.17) is 5.73 Å². The van der Waals surface area contributed by atoms with Crippen LogP contribution in [0.2, 0.25) is 0 Å². The van der Waals surface area contributed by atoms with Crippen LogP contribution >= 0.6 is 0 Å². The fourth-order valence-corrected chi connectivity index (χ4v) is 2.30. The van der Waals surface area contributed by atoms with Crippen molar-refractivity contribution in [3.8, 4) is 0 Å². The minimum absolute atomic E-state index is 0.183. The summed E-state index contributed by atoms with van der Waals surface area (Å²) in [6, 6.07) is 5.39. The van der Waals surface area contributed by atoms with Gasteiger partial charge in [0, 0.05) is 30.9 Å². The van der Waals surface area contributed by atoms with Gasteiger partial charge in [-0.05, 0) is 37.8 Å². The SMILES string of the molecule is CCN(CC1CCC1)c1ccc(CN)c(F)c1. The molecule has 2 nitrogen and oxygen atoms in total. The van der Waals surface area contributed by atoms with E-state index >= 15 is 0 Å². The number of anilines is 1. The minimum Gasteiger partial charge on any atom is -0.371 e. The van der Waals surface area contributed by atoms with Gasteiger partial charge in [-0.15, -0.1) is 0 Å². The highest BCUT2D eigenvalue weighted by atomic mass is 19.1. The molecule has 1 saturated carbocycles. The van der Waals surface area contributed by atoms with Crippen molar-refractivity contribution in [2.45, 2.75) is 32.7 Å². The molecule has 0 bridgehead atoms. The smallest absolute Gasteiger partial charge is 0.129 e. The number of hydrogen-bond acceptors (Lipinski definition) is 2. The molecule has 1 aliphatic rings. The van der Waals surface area contributed by atoms with Crippen molar-refractivity contribution in [1.29, 1.82) is 0 Å². The number of halogens is 1. The zero-order valence-corrected chi connectivity index (χ0v) is 10.5. The maximum Gasteiger partial charge on any atom is 0.129 e. The number of nitrogens with two attached hydrogens (primary N) is 1. The van der Waals surface area contributed by atoms with E-state index in [2.05, 4.69) is 11.8 Å². The maximum atomic E-state index is 13.7. The zero-order chi connectivity index (χ0) is 12.3. The molecule has 2 N–H and O–H groups in total. The van der Waals surface area contributed by atoms with Gasteiger partial charge in [-0.2, -0.15) is 0 Å². The number of rotatable bonds is 5.